The molecule has 1 aliphatic heterocycles. The molecule has 1 fully saturated rings. The Bertz CT molecular complexity index is 411. The van der Waals surface area contributed by atoms with E-state index in [1.807, 2.05) is 31.2 Å². The first-order valence-electron chi connectivity index (χ1n) is 6.98. The van der Waals surface area contributed by atoms with Gasteiger partial charge >= 0.3 is 0 Å². The van der Waals surface area contributed by atoms with E-state index >= 15 is 0 Å². The fourth-order valence-electron chi connectivity index (χ4n) is 2.22. The SMILES string of the molecule is CCOc1ccc(NC(=S)N2CCC(C)CC2)cc1. The summed E-state index contributed by atoms with van der Waals surface area (Å²) in [5.41, 5.74) is 1.02. The van der Waals surface area contributed by atoms with Gasteiger partial charge in [-0.15, -0.1) is 0 Å². The molecule has 19 heavy (non-hydrogen) atoms. The second-order valence-electron chi connectivity index (χ2n) is 5.06. The Morgan fingerprint density at radius 2 is 1.95 bits per heavy atom. The minimum absolute atomic E-state index is 0.692. The van der Waals surface area contributed by atoms with Crippen LogP contribution in [0, 0.1) is 5.92 Å². The van der Waals surface area contributed by atoms with Gasteiger partial charge in [-0.1, -0.05) is 6.92 Å². The zero-order chi connectivity index (χ0) is 13.7. The molecule has 3 nitrogen and oxygen atoms in total. The number of nitrogens with one attached hydrogen (secondary N) is 1. The van der Waals surface area contributed by atoms with Crippen molar-refractivity contribution in [2.24, 2.45) is 5.92 Å². The van der Waals surface area contributed by atoms with Crippen LogP contribution in [0.4, 0.5) is 5.69 Å². The van der Waals surface area contributed by atoms with Crippen LogP contribution >= 0.6 is 12.2 Å². The Balaban J connectivity index is 1.88. The lowest BCUT2D eigenvalue weighted by atomic mass is 10.00. The molecule has 1 aliphatic rings. The Kier molecular flexibility index (Phi) is 5.02. The van der Waals surface area contributed by atoms with Gasteiger partial charge < -0.3 is 15.0 Å². The number of hydrogen-bond acceptors (Lipinski definition) is 2. The molecule has 0 aliphatic carbocycles. The molecule has 1 heterocycles. The van der Waals surface area contributed by atoms with E-state index in [-0.39, 0.29) is 0 Å². The van der Waals surface area contributed by atoms with Crippen molar-refractivity contribution in [2.45, 2.75) is 26.7 Å². The first kappa shape index (κ1) is 14.1. The third-order valence-electron chi connectivity index (χ3n) is 3.49. The molecular weight excluding hydrogens is 256 g/mol. The maximum absolute atomic E-state index is 5.46. The average molecular weight is 278 g/mol. The zero-order valence-corrected chi connectivity index (χ0v) is 12.5. The number of thiocarbonyl (C=S) groups is 1. The molecule has 1 N–H and O–H groups in total. The molecule has 0 amide bonds. The number of ether oxygens (including phenoxy) is 1. The molecule has 1 aromatic carbocycles. The molecule has 2 rings (SSSR count). The first-order valence-corrected chi connectivity index (χ1v) is 7.38. The molecule has 104 valence electrons. The molecule has 0 bridgehead atoms. The standard InChI is InChI=1S/C15H22N2OS/c1-3-18-14-6-4-13(5-7-14)16-15(19)17-10-8-12(2)9-11-17/h4-7,12H,3,8-11H2,1-2H3,(H,16,19). The topological polar surface area (TPSA) is 24.5 Å². The summed E-state index contributed by atoms with van der Waals surface area (Å²) in [4.78, 5) is 2.26. The Morgan fingerprint density at radius 3 is 2.53 bits per heavy atom. The summed E-state index contributed by atoms with van der Waals surface area (Å²) < 4.78 is 5.42. The van der Waals surface area contributed by atoms with Crippen LogP contribution in [0.15, 0.2) is 24.3 Å². The van der Waals surface area contributed by atoms with Gasteiger partial charge in [0.15, 0.2) is 5.11 Å². The number of anilines is 1. The molecule has 4 heteroatoms. The van der Waals surface area contributed by atoms with E-state index in [0.717, 1.165) is 35.6 Å². The normalized spacial score (nSPS) is 16.2. The van der Waals surface area contributed by atoms with E-state index in [4.69, 9.17) is 17.0 Å². The van der Waals surface area contributed by atoms with Gasteiger partial charge in [0.25, 0.3) is 0 Å². The Labute approximate surface area is 120 Å². The maximum atomic E-state index is 5.46. The van der Waals surface area contributed by atoms with E-state index in [9.17, 15) is 0 Å². The van der Waals surface area contributed by atoms with Gasteiger partial charge in [-0.25, -0.2) is 0 Å². The lowest BCUT2D eigenvalue weighted by Gasteiger charge is -2.32. The Hall–Kier alpha value is -1.29. The number of piperidine rings is 1. The predicted molar refractivity (Wildman–Crippen MR) is 83.8 cm³/mol. The highest BCUT2D eigenvalue weighted by atomic mass is 32.1. The summed E-state index contributed by atoms with van der Waals surface area (Å²) in [6.07, 6.45) is 2.45. The molecule has 0 atom stereocenters. The molecule has 1 aromatic rings. The van der Waals surface area contributed by atoms with Gasteiger partial charge in [-0.3, -0.25) is 0 Å². The third kappa shape index (κ3) is 4.10. The van der Waals surface area contributed by atoms with E-state index in [1.165, 1.54) is 12.8 Å². The molecule has 1 saturated heterocycles. The van der Waals surface area contributed by atoms with Crippen molar-refractivity contribution >= 4 is 23.0 Å². The van der Waals surface area contributed by atoms with Gasteiger partial charge in [0.1, 0.15) is 5.75 Å². The summed E-state index contributed by atoms with van der Waals surface area (Å²) in [6, 6.07) is 7.94. The van der Waals surface area contributed by atoms with Crippen LogP contribution in [0.5, 0.6) is 5.75 Å². The fraction of sp³-hybridized carbons (Fsp3) is 0.533. The van der Waals surface area contributed by atoms with Crippen molar-refractivity contribution in [1.82, 2.24) is 4.90 Å². The van der Waals surface area contributed by atoms with Crippen LogP contribution in [0.25, 0.3) is 0 Å². The molecule has 0 spiro atoms. The largest absolute Gasteiger partial charge is 0.494 e. The summed E-state index contributed by atoms with van der Waals surface area (Å²) >= 11 is 5.46. The summed E-state index contributed by atoms with van der Waals surface area (Å²) in [6.45, 7) is 7.10. The van der Waals surface area contributed by atoms with Crippen LogP contribution in [-0.4, -0.2) is 29.7 Å². The summed E-state index contributed by atoms with van der Waals surface area (Å²) in [5.74, 6) is 1.72. The maximum Gasteiger partial charge on any atom is 0.173 e. The van der Waals surface area contributed by atoms with E-state index < -0.39 is 0 Å². The summed E-state index contributed by atoms with van der Waals surface area (Å²) in [5, 5.41) is 4.13. The van der Waals surface area contributed by atoms with E-state index in [2.05, 4.69) is 17.1 Å². The van der Waals surface area contributed by atoms with Gasteiger partial charge in [-0.05, 0) is 62.2 Å². The molecule has 0 radical (unpaired) electrons. The van der Waals surface area contributed by atoms with Gasteiger partial charge in [0.05, 0.1) is 6.61 Å². The third-order valence-corrected chi connectivity index (χ3v) is 3.85. The quantitative estimate of drug-likeness (QED) is 0.855. The lowest BCUT2D eigenvalue weighted by Crippen LogP contribution is -2.40. The smallest absolute Gasteiger partial charge is 0.173 e. The molecular formula is C15H22N2OS. The monoisotopic (exact) mass is 278 g/mol. The van der Waals surface area contributed by atoms with Crippen molar-refractivity contribution < 1.29 is 4.74 Å². The van der Waals surface area contributed by atoms with E-state index in [0.29, 0.717) is 6.61 Å². The molecule has 0 aromatic heterocycles. The van der Waals surface area contributed by atoms with Crippen LogP contribution in [-0.2, 0) is 0 Å². The zero-order valence-electron chi connectivity index (χ0n) is 11.7. The number of rotatable bonds is 3. The molecule has 0 unspecified atom stereocenters. The highest BCUT2D eigenvalue weighted by Crippen LogP contribution is 2.19. The van der Waals surface area contributed by atoms with Crippen molar-refractivity contribution in [3.63, 3.8) is 0 Å². The number of benzene rings is 1. The number of likely N-dealkylation sites (tertiary alicyclic amines) is 1. The number of hydrogen-bond donors (Lipinski definition) is 1. The first-order chi connectivity index (χ1) is 9.19. The van der Waals surface area contributed by atoms with Crippen LogP contribution in [0.1, 0.15) is 26.7 Å². The number of nitrogens with zero attached hydrogens (tertiary/aromatic N) is 1. The molecule has 0 saturated carbocycles. The van der Waals surface area contributed by atoms with Gasteiger partial charge in [0, 0.05) is 18.8 Å². The lowest BCUT2D eigenvalue weighted by molar-refractivity contribution is 0.283. The summed E-state index contributed by atoms with van der Waals surface area (Å²) in [7, 11) is 0. The van der Waals surface area contributed by atoms with Crippen LogP contribution in [0.3, 0.4) is 0 Å². The van der Waals surface area contributed by atoms with E-state index in [1.54, 1.807) is 0 Å². The van der Waals surface area contributed by atoms with Crippen LogP contribution in [0.2, 0.25) is 0 Å². The van der Waals surface area contributed by atoms with Gasteiger partial charge in [0.2, 0.25) is 0 Å². The van der Waals surface area contributed by atoms with Gasteiger partial charge in [-0.2, -0.15) is 0 Å². The average Bonchev–Trinajstić information content (AvgIpc) is 2.42. The minimum atomic E-state index is 0.692. The highest BCUT2D eigenvalue weighted by molar-refractivity contribution is 7.80. The second kappa shape index (κ2) is 6.75. The van der Waals surface area contributed by atoms with Crippen molar-refractivity contribution in [2.75, 3.05) is 25.0 Å². The van der Waals surface area contributed by atoms with Crippen molar-refractivity contribution in [1.29, 1.82) is 0 Å². The fourth-order valence-corrected chi connectivity index (χ4v) is 2.52. The second-order valence-corrected chi connectivity index (χ2v) is 5.44. The Morgan fingerprint density at radius 1 is 1.32 bits per heavy atom. The van der Waals surface area contributed by atoms with Crippen LogP contribution < -0.4 is 10.1 Å². The van der Waals surface area contributed by atoms with Crippen molar-refractivity contribution in [3.8, 4) is 5.75 Å². The minimum Gasteiger partial charge on any atom is -0.494 e. The highest BCUT2D eigenvalue weighted by Gasteiger charge is 2.17. The predicted octanol–water partition coefficient (Wildman–Crippen LogP) is 3.51. The van der Waals surface area contributed by atoms with Crippen molar-refractivity contribution in [3.05, 3.63) is 24.3 Å².